The lowest BCUT2D eigenvalue weighted by Gasteiger charge is -2.40. The highest BCUT2D eigenvalue weighted by atomic mass is 16.2. The van der Waals surface area contributed by atoms with E-state index < -0.39 is 0 Å². The number of aryl methyl sites for hydroxylation is 1. The molecule has 2 rings (SSSR count). The molecule has 3 atom stereocenters. The van der Waals surface area contributed by atoms with Gasteiger partial charge in [-0.05, 0) is 52.5 Å². The molecule has 5 nitrogen and oxygen atoms in total. The van der Waals surface area contributed by atoms with E-state index in [1.807, 2.05) is 31.7 Å². The second-order valence-corrected chi connectivity index (χ2v) is 7.78. The van der Waals surface area contributed by atoms with E-state index in [-0.39, 0.29) is 36.0 Å². The molecule has 1 aliphatic rings. The summed E-state index contributed by atoms with van der Waals surface area (Å²) in [6.07, 6.45) is 2.50. The summed E-state index contributed by atoms with van der Waals surface area (Å²) < 4.78 is 0. The largest absolute Gasteiger partial charge is 0.353 e. The Kier molecular flexibility index (Phi) is 7.06. The smallest absolute Gasteiger partial charge is 0.318 e. The highest BCUT2D eigenvalue weighted by molar-refractivity contribution is 5.81. The van der Waals surface area contributed by atoms with E-state index in [1.54, 1.807) is 0 Å². The summed E-state index contributed by atoms with van der Waals surface area (Å²) in [5.41, 5.74) is 2.33. The summed E-state index contributed by atoms with van der Waals surface area (Å²) in [4.78, 5) is 27.2. The van der Waals surface area contributed by atoms with Gasteiger partial charge in [-0.15, -0.1) is 0 Å². The SMILES string of the molecule is CCC(C)NC(=O)C1CCC(c2cccc(C)c2)N(C(=O)NC(C)C)C1. The van der Waals surface area contributed by atoms with Crippen molar-refractivity contribution in [1.29, 1.82) is 0 Å². The summed E-state index contributed by atoms with van der Waals surface area (Å²) in [6, 6.07) is 8.46. The Morgan fingerprint density at radius 2 is 1.92 bits per heavy atom. The fourth-order valence-corrected chi connectivity index (χ4v) is 3.43. The minimum absolute atomic E-state index is 0.0151. The molecule has 1 saturated heterocycles. The van der Waals surface area contributed by atoms with Crippen LogP contribution < -0.4 is 10.6 Å². The fraction of sp³-hybridized carbons (Fsp3) is 0.619. The molecule has 144 valence electrons. The van der Waals surface area contributed by atoms with Crippen LogP contribution in [0.15, 0.2) is 24.3 Å². The maximum absolute atomic E-state index is 12.8. The summed E-state index contributed by atoms with van der Waals surface area (Å²) in [5.74, 6) is -0.0904. The molecule has 2 N–H and O–H groups in total. The molecule has 5 heteroatoms. The molecule has 0 spiro atoms. The summed E-state index contributed by atoms with van der Waals surface area (Å²) in [7, 11) is 0. The molecule has 1 fully saturated rings. The summed E-state index contributed by atoms with van der Waals surface area (Å²) >= 11 is 0. The van der Waals surface area contributed by atoms with Crippen molar-refractivity contribution in [3.63, 3.8) is 0 Å². The lowest BCUT2D eigenvalue weighted by Crippen LogP contribution is -2.52. The number of carbonyl (C=O) groups is 2. The van der Waals surface area contributed by atoms with E-state index in [1.165, 1.54) is 5.56 Å². The molecule has 1 aliphatic heterocycles. The zero-order valence-electron chi connectivity index (χ0n) is 16.7. The van der Waals surface area contributed by atoms with E-state index in [0.717, 1.165) is 24.8 Å². The highest BCUT2D eigenvalue weighted by Gasteiger charge is 2.36. The second kappa shape index (κ2) is 9.06. The molecule has 0 saturated carbocycles. The topological polar surface area (TPSA) is 61.4 Å². The third kappa shape index (κ3) is 5.23. The van der Waals surface area contributed by atoms with Crippen LogP contribution in [0.4, 0.5) is 4.79 Å². The average Bonchev–Trinajstić information content (AvgIpc) is 2.60. The van der Waals surface area contributed by atoms with Crippen molar-refractivity contribution in [2.24, 2.45) is 5.92 Å². The lowest BCUT2D eigenvalue weighted by molar-refractivity contribution is -0.127. The number of nitrogens with zero attached hydrogens (tertiary/aromatic N) is 1. The van der Waals surface area contributed by atoms with E-state index in [2.05, 4.69) is 42.7 Å². The van der Waals surface area contributed by atoms with Crippen LogP contribution in [0.25, 0.3) is 0 Å². The van der Waals surface area contributed by atoms with Crippen LogP contribution in [0.1, 0.15) is 64.1 Å². The Bertz CT molecular complexity index is 629. The van der Waals surface area contributed by atoms with Gasteiger partial charge < -0.3 is 15.5 Å². The van der Waals surface area contributed by atoms with Crippen LogP contribution in [0, 0.1) is 12.8 Å². The van der Waals surface area contributed by atoms with E-state index >= 15 is 0 Å². The van der Waals surface area contributed by atoms with Crippen molar-refractivity contribution in [1.82, 2.24) is 15.5 Å². The first kappa shape index (κ1) is 20.3. The van der Waals surface area contributed by atoms with Gasteiger partial charge in [-0.2, -0.15) is 0 Å². The van der Waals surface area contributed by atoms with Crippen LogP contribution in [0.2, 0.25) is 0 Å². The predicted octanol–water partition coefficient (Wildman–Crippen LogP) is 3.78. The van der Waals surface area contributed by atoms with Crippen molar-refractivity contribution in [2.75, 3.05) is 6.54 Å². The molecule has 0 aliphatic carbocycles. The number of urea groups is 1. The first-order valence-corrected chi connectivity index (χ1v) is 9.75. The zero-order chi connectivity index (χ0) is 19.3. The highest BCUT2D eigenvalue weighted by Crippen LogP contribution is 2.34. The second-order valence-electron chi connectivity index (χ2n) is 7.78. The van der Waals surface area contributed by atoms with E-state index in [0.29, 0.717) is 6.54 Å². The van der Waals surface area contributed by atoms with Crippen LogP contribution in [0.5, 0.6) is 0 Å². The Labute approximate surface area is 157 Å². The molecular weight excluding hydrogens is 326 g/mol. The van der Waals surface area contributed by atoms with Gasteiger partial charge in [0, 0.05) is 18.6 Å². The summed E-state index contributed by atoms with van der Waals surface area (Å²) in [6.45, 7) is 10.5. The van der Waals surface area contributed by atoms with Crippen molar-refractivity contribution in [3.8, 4) is 0 Å². The molecule has 1 aromatic carbocycles. The quantitative estimate of drug-likeness (QED) is 0.840. The molecular formula is C21H33N3O2. The first-order chi connectivity index (χ1) is 12.3. The van der Waals surface area contributed by atoms with Crippen molar-refractivity contribution in [3.05, 3.63) is 35.4 Å². The third-order valence-corrected chi connectivity index (χ3v) is 5.05. The van der Waals surface area contributed by atoms with Gasteiger partial charge in [0.05, 0.1) is 12.0 Å². The monoisotopic (exact) mass is 359 g/mol. The maximum atomic E-state index is 12.8. The molecule has 1 heterocycles. The van der Waals surface area contributed by atoms with Gasteiger partial charge in [0.25, 0.3) is 0 Å². The first-order valence-electron chi connectivity index (χ1n) is 9.75. The molecule has 0 aromatic heterocycles. The van der Waals surface area contributed by atoms with Gasteiger partial charge in [0.2, 0.25) is 5.91 Å². The third-order valence-electron chi connectivity index (χ3n) is 5.05. The number of rotatable bonds is 5. The van der Waals surface area contributed by atoms with Crippen molar-refractivity contribution in [2.45, 2.75) is 72.0 Å². The Balaban J connectivity index is 2.19. The van der Waals surface area contributed by atoms with Gasteiger partial charge in [-0.1, -0.05) is 36.8 Å². The minimum atomic E-state index is -0.150. The number of amides is 3. The Hall–Kier alpha value is -2.04. The molecule has 0 radical (unpaired) electrons. The molecule has 3 amide bonds. The van der Waals surface area contributed by atoms with Gasteiger partial charge >= 0.3 is 6.03 Å². The van der Waals surface area contributed by atoms with E-state index in [9.17, 15) is 9.59 Å². The fourth-order valence-electron chi connectivity index (χ4n) is 3.43. The minimum Gasteiger partial charge on any atom is -0.353 e. The predicted molar refractivity (Wildman–Crippen MR) is 105 cm³/mol. The number of hydrogen-bond donors (Lipinski definition) is 2. The van der Waals surface area contributed by atoms with Crippen LogP contribution in [-0.2, 0) is 4.79 Å². The average molecular weight is 360 g/mol. The van der Waals surface area contributed by atoms with Gasteiger partial charge in [-0.3, -0.25) is 4.79 Å². The molecule has 1 aromatic rings. The van der Waals surface area contributed by atoms with Crippen LogP contribution >= 0.6 is 0 Å². The normalized spacial score (nSPS) is 21.4. The van der Waals surface area contributed by atoms with Crippen molar-refractivity contribution >= 4 is 11.9 Å². The number of benzene rings is 1. The molecule has 26 heavy (non-hydrogen) atoms. The molecule has 0 bridgehead atoms. The maximum Gasteiger partial charge on any atom is 0.318 e. The number of piperidine rings is 1. The van der Waals surface area contributed by atoms with Crippen LogP contribution in [-0.4, -0.2) is 35.5 Å². The Morgan fingerprint density at radius 1 is 1.19 bits per heavy atom. The van der Waals surface area contributed by atoms with E-state index in [4.69, 9.17) is 0 Å². The number of likely N-dealkylation sites (tertiary alicyclic amines) is 1. The lowest BCUT2D eigenvalue weighted by atomic mass is 9.88. The van der Waals surface area contributed by atoms with Gasteiger partial charge in [0.15, 0.2) is 0 Å². The standard InChI is InChI=1S/C21H33N3O2/c1-6-16(5)23-20(25)18-10-11-19(17-9-7-8-15(4)12-17)24(13-18)21(26)22-14(2)3/h7-9,12,14,16,18-19H,6,10-11,13H2,1-5H3,(H,22,26)(H,23,25). The molecule has 3 unspecified atom stereocenters. The number of carbonyl (C=O) groups excluding carboxylic acids is 2. The zero-order valence-corrected chi connectivity index (χ0v) is 16.7. The van der Waals surface area contributed by atoms with Crippen LogP contribution in [0.3, 0.4) is 0 Å². The summed E-state index contributed by atoms with van der Waals surface area (Å²) in [5, 5.41) is 6.06. The number of hydrogen-bond acceptors (Lipinski definition) is 2. The van der Waals surface area contributed by atoms with Crippen molar-refractivity contribution < 1.29 is 9.59 Å². The Morgan fingerprint density at radius 3 is 2.54 bits per heavy atom. The van der Waals surface area contributed by atoms with Gasteiger partial charge in [0.1, 0.15) is 0 Å². The van der Waals surface area contributed by atoms with Gasteiger partial charge in [-0.25, -0.2) is 4.79 Å². The number of nitrogens with one attached hydrogen (secondary N) is 2.